The van der Waals surface area contributed by atoms with Gasteiger partial charge in [0.05, 0.1) is 0 Å². The summed E-state index contributed by atoms with van der Waals surface area (Å²) in [7, 11) is 0. The zero-order chi connectivity index (χ0) is 20.9. The van der Waals surface area contributed by atoms with Gasteiger partial charge in [-0.15, -0.1) is 0 Å². The van der Waals surface area contributed by atoms with E-state index >= 15 is 0 Å². The van der Waals surface area contributed by atoms with Gasteiger partial charge < -0.3 is 20.7 Å². The third kappa shape index (κ3) is 5.20. The van der Waals surface area contributed by atoms with Crippen molar-refractivity contribution in [2.45, 2.75) is 32.8 Å². The predicted octanol–water partition coefficient (Wildman–Crippen LogP) is 5.36. The van der Waals surface area contributed by atoms with Gasteiger partial charge in [0.1, 0.15) is 17.7 Å². The highest BCUT2D eigenvalue weighted by molar-refractivity contribution is 6.31. The number of rotatable bonds is 6. The quantitative estimate of drug-likeness (QED) is 0.495. The van der Waals surface area contributed by atoms with Crippen LogP contribution in [0.1, 0.15) is 24.0 Å². The lowest BCUT2D eigenvalue weighted by molar-refractivity contribution is 0.162. The van der Waals surface area contributed by atoms with Gasteiger partial charge in [-0.1, -0.05) is 11.6 Å². The fraction of sp³-hybridized carbons (Fsp3) is 0.304. The molecule has 1 aromatic heterocycles. The summed E-state index contributed by atoms with van der Waals surface area (Å²) in [4.78, 5) is 9.03. The molecule has 30 heavy (non-hydrogen) atoms. The minimum Gasteiger partial charge on any atom is -0.490 e. The first kappa shape index (κ1) is 20.4. The molecule has 0 bridgehead atoms. The number of hydrogen-bond donors (Lipinski definition) is 3. The van der Waals surface area contributed by atoms with Crippen LogP contribution in [0.3, 0.4) is 0 Å². The average Bonchev–Trinajstić information content (AvgIpc) is 2.75. The van der Waals surface area contributed by atoms with Gasteiger partial charge in [0.15, 0.2) is 0 Å². The first-order valence-corrected chi connectivity index (χ1v) is 10.6. The zero-order valence-corrected chi connectivity index (χ0v) is 18.0. The van der Waals surface area contributed by atoms with Crippen LogP contribution in [0, 0.1) is 13.8 Å². The maximum atomic E-state index is 6.12. The molecule has 2 aromatic carbocycles. The van der Waals surface area contributed by atoms with Gasteiger partial charge in [0.2, 0.25) is 5.95 Å². The topological polar surface area (TPSA) is 71.1 Å². The lowest BCUT2D eigenvalue weighted by Gasteiger charge is -2.23. The highest BCUT2D eigenvalue weighted by Crippen LogP contribution is 2.25. The molecule has 0 radical (unpaired) electrons. The first-order valence-electron chi connectivity index (χ1n) is 10.2. The molecule has 4 rings (SSSR count). The molecule has 6 nitrogen and oxygen atoms in total. The standard InChI is InChI=1S/C23H26ClN5O/c1-15-13-18(5-8-21(15)24)27-22-16(2)14-26-23(29-22)28-17-3-6-19(7-4-17)30-20-9-11-25-12-10-20/h3-8,13-14,20,25H,9-12H2,1-2H3,(H2,26,27,28,29). The Hall–Kier alpha value is -2.83. The van der Waals surface area contributed by atoms with E-state index in [2.05, 4.69) is 25.9 Å². The summed E-state index contributed by atoms with van der Waals surface area (Å²) in [6, 6.07) is 13.7. The number of piperidine rings is 1. The first-order chi connectivity index (χ1) is 14.6. The third-order valence-corrected chi connectivity index (χ3v) is 5.52. The lowest BCUT2D eigenvalue weighted by atomic mass is 10.1. The molecule has 1 saturated heterocycles. The maximum Gasteiger partial charge on any atom is 0.229 e. The molecule has 0 atom stereocenters. The Labute approximate surface area is 182 Å². The van der Waals surface area contributed by atoms with Crippen LogP contribution in [0.15, 0.2) is 48.7 Å². The molecule has 1 aliphatic rings. The van der Waals surface area contributed by atoms with Gasteiger partial charge in [-0.2, -0.15) is 4.98 Å². The van der Waals surface area contributed by atoms with E-state index in [1.54, 1.807) is 6.20 Å². The van der Waals surface area contributed by atoms with Crippen molar-refractivity contribution in [3.63, 3.8) is 0 Å². The SMILES string of the molecule is Cc1cc(Nc2nc(Nc3ccc(OC4CCNCC4)cc3)ncc2C)ccc1Cl. The Morgan fingerprint density at radius 2 is 1.70 bits per heavy atom. The van der Waals surface area contributed by atoms with Crippen molar-refractivity contribution in [1.82, 2.24) is 15.3 Å². The summed E-state index contributed by atoms with van der Waals surface area (Å²) in [6.07, 6.45) is 4.17. The van der Waals surface area contributed by atoms with Crippen molar-refractivity contribution in [1.29, 1.82) is 0 Å². The molecule has 7 heteroatoms. The van der Waals surface area contributed by atoms with Gasteiger partial charge in [0, 0.05) is 28.2 Å². The van der Waals surface area contributed by atoms with Crippen molar-refractivity contribution in [3.05, 3.63) is 64.8 Å². The minimum atomic E-state index is 0.288. The molecule has 3 aromatic rings. The molecule has 0 spiro atoms. The van der Waals surface area contributed by atoms with E-state index in [-0.39, 0.29) is 6.10 Å². The number of anilines is 4. The smallest absolute Gasteiger partial charge is 0.229 e. The Balaban J connectivity index is 1.42. The minimum absolute atomic E-state index is 0.288. The number of aryl methyl sites for hydroxylation is 2. The second-order valence-electron chi connectivity index (χ2n) is 7.53. The molecule has 1 aliphatic heterocycles. The van der Waals surface area contributed by atoms with Gasteiger partial charge in [-0.25, -0.2) is 4.98 Å². The summed E-state index contributed by atoms with van der Waals surface area (Å²) < 4.78 is 6.06. The van der Waals surface area contributed by atoms with Crippen molar-refractivity contribution < 1.29 is 4.74 Å². The molecule has 2 heterocycles. The van der Waals surface area contributed by atoms with E-state index < -0.39 is 0 Å². The summed E-state index contributed by atoms with van der Waals surface area (Å²) in [6.45, 7) is 5.98. The number of nitrogens with zero attached hydrogens (tertiary/aromatic N) is 2. The number of benzene rings is 2. The number of ether oxygens (including phenoxy) is 1. The van der Waals surface area contributed by atoms with Crippen LogP contribution < -0.4 is 20.7 Å². The molecule has 0 amide bonds. The number of halogens is 1. The van der Waals surface area contributed by atoms with E-state index in [1.807, 2.05) is 56.3 Å². The second kappa shape index (κ2) is 9.32. The number of nitrogens with one attached hydrogen (secondary N) is 3. The zero-order valence-electron chi connectivity index (χ0n) is 17.2. The Bertz CT molecular complexity index is 1000. The van der Waals surface area contributed by atoms with E-state index in [4.69, 9.17) is 16.3 Å². The third-order valence-electron chi connectivity index (χ3n) is 5.09. The fourth-order valence-corrected chi connectivity index (χ4v) is 3.46. The second-order valence-corrected chi connectivity index (χ2v) is 7.94. The Morgan fingerprint density at radius 1 is 0.967 bits per heavy atom. The van der Waals surface area contributed by atoms with Crippen LogP contribution in [-0.2, 0) is 0 Å². The molecule has 0 unspecified atom stereocenters. The molecule has 0 aliphatic carbocycles. The van der Waals surface area contributed by atoms with Gasteiger partial charge in [-0.05, 0) is 87.8 Å². The summed E-state index contributed by atoms with van der Waals surface area (Å²) in [5.41, 5.74) is 3.81. The predicted molar refractivity (Wildman–Crippen MR) is 122 cm³/mol. The maximum absolute atomic E-state index is 6.12. The van der Waals surface area contributed by atoms with Crippen molar-refractivity contribution in [3.8, 4) is 5.75 Å². The summed E-state index contributed by atoms with van der Waals surface area (Å²) >= 11 is 6.12. The highest BCUT2D eigenvalue weighted by atomic mass is 35.5. The molecular formula is C23H26ClN5O. The average molecular weight is 424 g/mol. The molecule has 156 valence electrons. The Morgan fingerprint density at radius 3 is 2.43 bits per heavy atom. The molecule has 3 N–H and O–H groups in total. The van der Waals surface area contributed by atoms with Crippen LogP contribution in [0.5, 0.6) is 5.75 Å². The van der Waals surface area contributed by atoms with Gasteiger partial charge in [-0.3, -0.25) is 0 Å². The lowest BCUT2D eigenvalue weighted by Crippen LogP contribution is -2.34. The summed E-state index contributed by atoms with van der Waals surface area (Å²) in [5, 5.41) is 10.7. The fourth-order valence-electron chi connectivity index (χ4n) is 3.34. The van der Waals surface area contributed by atoms with Crippen LogP contribution >= 0.6 is 11.6 Å². The molecule has 0 saturated carbocycles. The van der Waals surface area contributed by atoms with Crippen LogP contribution in [-0.4, -0.2) is 29.2 Å². The summed E-state index contributed by atoms with van der Waals surface area (Å²) in [5.74, 6) is 2.17. The molecular weight excluding hydrogens is 398 g/mol. The van der Waals surface area contributed by atoms with E-state index in [9.17, 15) is 0 Å². The number of aromatic nitrogens is 2. The van der Waals surface area contributed by atoms with Crippen LogP contribution in [0.2, 0.25) is 5.02 Å². The van der Waals surface area contributed by atoms with Gasteiger partial charge >= 0.3 is 0 Å². The van der Waals surface area contributed by atoms with E-state index in [0.29, 0.717) is 5.95 Å². The monoisotopic (exact) mass is 423 g/mol. The van der Waals surface area contributed by atoms with E-state index in [1.165, 1.54) is 0 Å². The van der Waals surface area contributed by atoms with Crippen molar-refractivity contribution >= 4 is 34.7 Å². The van der Waals surface area contributed by atoms with Crippen LogP contribution in [0.25, 0.3) is 0 Å². The highest BCUT2D eigenvalue weighted by Gasteiger charge is 2.14. The number of hydrogen-bond acceptors (Lipinski definition) is 6. The van der Waals surface area contributed by atoms with Gasteiger partial charge in [0.25, 0.3) is 0 Å². The van der Waals surface area contributed by atoms with Crippen LogP contribution in [0.4, 0.5) is 23.1 Å². The van der Waals surface area contributed by atoms with E-state index in [0.717, 1.165) is 65.0 Å². The molecule has 1 fully saturated rings. The largest absolute Gasteiger partial charge is 0.490 e. The van der Waals surface area contributed by atoms with Crippen molar-refractivity contribution in [2.24, 2.45) is 0 Å². The Kier molecular flexibility index (Phi) is 6.35. The normalized spacial score (nSPS) is 14.4. The van der Waals surface area contributed by atoms with Crippen molar-refractivity contribution in [2.75, 3.05) is 23.7 Å².